The van der Waals surface area contributed by atoms with Crippen molar-refractivity contribution >= 4 is 28.5 Å². The Bertz CT molecular complexity index is 1120. The number of ether oxygens (including phenoxy) is 2. The van der Waals surface area contributed by atoms with E-state index >= 15 is 0 Å². The van der Waals surface area contributed by atoms with Gasteiger partial charge in [-0.15, -0.1) is 0 Å². The molecule has 1 heterocycles. The molecule has 0 aliphatic rings. The summed E-state index contributed by atoms with van der Waals surface area (Å²) >= 11 is 0. The first kappa shape index (κ1) is 21.1. The summed E-state index contributed by atoms with van der Waals surface area (Å²) in [5.74, 6) is -0.348. The van der Waals surface area contributed by atoms with E-state index in [9.17, 15) is 14.4 Å². The SMILES string of the molecule is CCCOC(=O)c1ccc(NC(=O)[C@@H](C)Oc2ccc3c(C)cc(=O)oc3c2)cc1. The number of fused-ring (bicyclic) bond motifs is 1. The van der Waals surface area contributed by atoms with Crippen molar-refractivity contribution < 1.29 is 23.5 Å². The predicted molar refractivity (Wildman–Crippen MR) is 113 cm³/mol. The molecule has 2 aromatic carbocycles. The number of carbonyl (C=O) groups is 2. The van der Waals surface area contributed by atoms with Crippen LogP contribution in [0.5, 0.6) is 5.75 Å². The Labute approximate surface area is 173 Å². The van der Waals surface area contributed by atoms with Crippen molar-refractivity contribution in [1.29, 1.82) is 0 Å². The molecule has 1 atom stereocenters. The van der Waals surface area contributed by atoms with Crippen LogP contribution >= 0.6 is 0 Å². The molecule has 30 heavy (non-hydrogen) atoms. The van der Waals surface area contributed by atoms with E-state index in [1.165, 1.54) is 6.07 Å². The molecule has 0 fully saturated rings. The smallest absolute Gasteiger partial charge is 0.338 e. The molecule has 1 amide bonds. The molecule has 1 aromatic heterocycles. The lowest BCUT2D eigenvalue weighted by Gasteiger charge is -2.15. The van der Waals surface area contributed by atoms with E-state index in [0.717, 1.165) is 17.4 Å². The van der Waals surface area contributed by atoms with Crippen molar-refractivity contribution in [3.63, 3.8) is 0 Å². The number of benzene rings is 2. The summed E-state index contributed by atoms with van der Waals surface area (Å²) in [6, 6.07) is 12.9. The van der Waals surface area contributed by atoms with Crippen molar-refractivity contribution in [2.45, 2.75) is 33.3 Å². The number of hydrogen-bond acceptors (Lipinski definition) is 6. The first-order valence-electron chi connectivity index (χ1n) is 9.66. The van der Waals surface area contributed by atoms with Gasteiger partial charge in [-0.3, -0.25) is 4.79 Å². The van der Waals surface area contributed by atoms with Crippen LogP contribution in [0.2, 0.25) is 0 Å². The molecule has 0 aliphatic heterocycles. The fourth-order valence-corrected chi connectivity index (χ4v) is 2.85. The third-order valence-electron chi connectivity index (χ3n) is 4.43. The highest BCUT2D eigenvalue weighted by Gasteiger charge is 2.16. The number of carbonyl (C=O) groups excluding carboxylic acids is 2. The number of amides is 1. The van der Waals surface area contributed by atoms with Gasteiger partial charge < -0.3 is 19.2 Å². The van der Waals surface area contributed by atoms with Gasteiger partial charge in [-0.25, -0.2) is 9.59 Å². The van der Waals surface area contributed by atoms with Crippen LogP contribution in [-0.4, -0.2) is 24.6 Å². The van der Waals surface area contributed by atoms with E-state index in [1.807, 2.05) is 13.8 Å². The van der Waals surface area contributed by atoms with Crippen LogP contribution in [0.15, 0.2) is 57.7 Å². The highest BCUT2D eigenvalue weighted by molar-refractivity contribution is 5.95. The second-order valence-electron chi connectivity index (χ2n) is 6.87. The van der Waals surface area contributed by atoms with Gasteiger partial charge in [0.05, 0.1) is 12.2 Å². The maximum atomic E-state index is 12.4. The van der Waals surface area contributed by atoms with E-state index in [1.54, 1.807) is 49.4 Å². The minimum absolute atomic E-state index is 0.359. The molecule has 3 aromatic rings. The van der Waals surface area contributed by atoms with Gasteiger partial charge in [0.25, 0.3) is 5.91 Å². The highest BCUT2D eigenvalue weighted by Crippen LogP contribution is 2.23. The quantitative estimate of drug-likeness (QED) is 0.467. The van der Waals surface area contributed by atoms with Gasteiger partial charge in [-0.05, 0) is 62.2 Å². The summed E-state index contributed by atoms with van der Waals surface area (Å²) in [6.45, 7) is 5.72. The Morgan fingerprint density at radius 1 is 1.10 bits per heavy atom. The molecule has 0 saturated carbocycles. The monoisotopic (exact) mass is 409 g/mol. The number of esters is 1. The molecule has 7 heteroatoms. The largest absolute Gasteiger partial charge is 0.481 e. The van der Waals surface area contributed by atoms with Crippen LogP contribution in [0.1, 0.15) is 36.2 Å². The molecular weight excluding hydrogens is 386 g/mol. The standard InChI is InChI=1S/C23H23NO6/c1-4-11-28-23(27)16-5-7-17(8-6-16)24-22(26)15(3)29-18-9-10-19-14(2)12-21(25)30-20(19)13-18/h5-10,12-13,15H,4,11H2,1-3H3,(H,24,26)/t15-/m1/s1. The minimum atomic E-state index is -0.798. The predicted octanol–water partition coefficient (Wildman–Crippen LogP) is 4.07. The van der Waals surface area contributed by atoms with Gasteiger partial charge in [-0.1, -0.05) is 6.92 Å². The molecule has 0 radical (unpaired) electrons. The minimum Gasteiger partial charge on any atom is -0.481 e. The summed E-state index contributed by atoms with van der Waals surface area (Å²) in [5.41, 5.74) is 1.71. The normalized spacial score (nSPS) is 11.7. The van der Waals surface area contributed by atoms with Crippen molar-refractivity contribution in [2.75, 3.05) is 11.9 Å². The molecule has 0 unspecified atom stereocenters. The lowest BCUT2D eigenvalue weighted by atomic mass is 10.1. The zero-order valence-corrected chi connectivity index (χ0v) is 17.1. The van der Waals surface area contributed by atoms with Crippen LogP contribution in [0, 0.1) is 6.92 Å². The number of aryl methyl sites for hydroxylation is 1. The third-order valence-corrected chi connectivity index (χ3v) is 4.43. The van der Waals surface area contributed by atoms with Crippen molar-refractivity contribution in [2.24, 2.45) is 0 Å². The molecule has 0 bridgehead atoms. The van der Waals surface area contributed by atoms with E-state index in [0.29, 0.717) is 29.2 Å². The Balaban J connectivity index is 1.64. The van der Waals surface area contributed by atoms with E-state index in [2.05, 4.69) is 5.32 Å². The third kappa shape index (κ3) is 5.05. The molecule has 7 nitrogen and oxygen atoms in total. The summed E-state index contributed by atoms with van der Waals surface area (Å²) in [6.07, 6.45) is -0.0473. The van der Waals surface area contributed by atoms with Gasteiger partial charge in [0.1, 0.15) is 11.3 Å². The van der Waals surface area contributed by atoms with E-state index in [-0.39, 0.29) is 5.91 Å². The second kappa shape index (κ2) is 9.26. The zero-order chi connectivity index (χ0) is 21.7. The molecule has 0 aliphatic carbocycles. The fraction of sp³-hybridized carbons (Fsp3) is 0.261. The molecule has 156 valence electrons. The summed E-state index contributed by atoms with van der Waals surface area (Å²) in [4.78, 5) is 35.8. The Hall–Kier alpha value is -3.61. The fourth-order valence-electron chi connectivity index (χ4n) is 2.85. The summed E-state index contributed by atoms with van der Waals surface area (Å²) in [7, 11) is 0. The van der Waals surface area contributed by atoms with Crippen molar-refractivity contribution in [3.05, 3.63) is 70.1 Å². The average Bonchev–Trinajstić information content (AvgIpc) is 2.72. The lowest BCUT2D eigenvalue weighted by molar-refractivity contribution is -0.122. The molecule has 0 saturated heterocycles. The molecular formula is C23H23NO6. The average molecular weight is 409 g/mol. The summed E-state index contributed by atoms with van der Waals surface area (Å²) < 4.78 is 16.0. The van der Waals surface area contributed by atoms with Gasteiger partial charge in [0.2, 0.25) is 0 Å². The maximum absolute atomic E-state index is 12.4. The number of hydrogen-bond donors (Lipinski definition) is 1. The van der Waals surface area contributed by atoms with E-state index < -0.39 is 17.7 Å². The van der Waals surface area contributed by atoms with Gasteiger partial charge >= 0.3 is 11.6 Å². The Morgan fingerprint density at radius 3 is 2.53 bits per heavy atom. The molecule has 3 rings (SSSR count). The zero-order valence-electron chi connectivity index (χ0n) is 17.1. The first-order chi connectivity index (χ1) is 14.4. The van der Waals surface area contributed by atoms with Crippen LogP contribution in [0.25, 0.3) is 11.0 Å². The maximum Gasteiger partial charge on any atom is 0.338 e. The Morgan fingerprint density at radius 2 is 1.83 bits per heavy atom. The lowest BCUT2D eigenvalue weighted by Crippen LogP contribution is -2.30. The van der Waals surface area contributed by atoms with Gasteiger partial charge in [0, 0.05) is 23.2 Å². The van der Waals surface area contributed by atoms with Gasteiger partial charge in [-0.2, -0.15) is 0 Å². The molecule has 0 spiro atoms. The number of nitrogens with one attached hydrogen (secondary N) is 1. The van der Waals surface area contributed by atoms with Gasteiger partial charge in [0.15, 0.2) is 6.10 Å². The molecule has 1 N–H and O–H groups in total. The number of rotatable bonds is 7. The highest BCUT2D eigenvalue weighted by atomic mass is 16.5. The van der Waals surface area contributed by atoms with Crippen molar-refractivity contribution in [1.82, 2.24) is 0 Å². The Kier molecular flexibility index (Phi) is 6.51. The number of anilines is 1. The van der Waals surface area contributed by atoms with Crippen LogP contribution < -0.4 is 15.7 Å². The van der Waals surface area contributed by atoms with Crippen LogP contribution in [0.4, 0.5) is 5.69 Å². The first-order valence-corrected chi connectivity index (χ1v) is 9.66. The van der Waals surface area contributed by atoms with Crippen LogP contribution in [-0.2, 0) is 9.53 Å². The van der Waals surface area contributed by atoms with Crippen LogP contribution in [0.3, 0.4) is 0 Å². The van der Waals surface area contributed by atoms with Crippen molar-refractivity contribution in [3.8, 4) is 5.75 Å². The van der Waals surface area contributed by atoms with E-state index in [4.69, 9.17) is 13.9 Å². The summed E-state index contributed by atoms with van der Waals surface area (Å²) in [5, 5.41) is 3.54. The topological polar surface area (TPSA) is 94.8 Å². The second-order valence-corrected chi connectivity index (χ2v) is 6.87.